The van der Waals surface area contributed by atoms with Crippen LogP contribution in [-0.4, -0.2) is 35.5 Å². The van der Waals surface area contributed by atoms with Crippen molar-refractivity contribution in [2.75, 3.05) is 19.0 Å². The van der Waals surface area contributed by atoms with Crippen LogP contribution in [0.4, 0.5) is 0 Å². The summed E-state index contributed by atoms with van der Waals surface area (Å²) in [6.45, 7) is 2.78. The fraction of sp³-hybridized carbons (Fsp3) is 1.00. The normalized spacial score (nSPS) is 41.3. The summed E-state index contributed by atoms with van der Waals surface area (Å²) < 4.78 is 0. The molecule has 0 aromatic carbocycles. The van der Waals surface area contributed by atoms with Crippen LogP contribution in [0.2, 0.25) is 0 Å². The SMILES string of the molecule is C[P@@](CCP(C1CCCCC1)C1CCCCC1)C12CC3CC(CC(C3)C1)C2. The lowest BCUT2D eigenvalue weighted by molar-refractivity contribution is 0.0357. The summed E-state index contributed by atoms with van der Waals surface area (Å²) >= 11 is 0. The van der Waals surface area contributed by atoms with E-state index >= 15 is 0 Å². The van der Waals surface area contributed by atoms with E-state index in [1.807, 2.05) is 0 Å². The molecule has 0 aromatic rings. The van der Waals surface area contributed by atoms with Gasteiger partial charge in [-0.1, -0.05) is 46.4 Å². The molecule has 0 radical (unpaired) electrons. The van der Waals surface area contributed by atoms with Gasteiger partial charge in [-0.25, -0.2) is 0 Å². The smallest absolute Gasteiger partial charge is 0.00888 e. The van der Waals surface area contributed by atoms with Gasteiger partial charge in [0.2, 0.25) is 0 Å². The lowest BCUT2D eigenvalue weighted by Crippen LogP contribution is -2.49. The summed E-state index contributed by atoms with van der Waals surface area (Å²) in [4.78, 5) is 0. The Hall–Kier alpha value is 0.860. The van der Waals surface area contributed by atoms with E-state index in [9.17, 15) is 0 Å². The van der Waals surface area contributed by atoms with Gasteiger partial charge in [0.05, 0.1) is 0 Å². The van der Waals surface area contributed by atoms with Gasteiger partial charge < -0.3 is 0 Å². The molecule has 6 rings (SSSR count). The zero-order chi connectivity index (χ0) is 18.3. The lowest BCUT2D eigenvalue weighted by atomic mass is 9.56. The van der Waals surface area contributed by atoms with Crippen molar-refractivity contribution in [1.29, 1.82) is 0 Å². The Bertz CT molecular complexity index is 435. The van der Waals surface area contributed by atoms with Crippen molar-refractivity contribution >= 4 is 15.8 Å². The topological polar surface area (TPSA) is 0 Å². The van der Waals surface area contributed by atoms with E-state index in [0.29, 0.717) is 7.92 Å². The Balaban J connectivity index is 1.24. The Kier molecular flexibility index (Phi) is 6.26. The summed E-state index contributed by atoms with van der Waals surface area (Å²) in [6, 6.07) is 0. The van der Waals surface area contributed by atoms with E-state index in [1.54, 1.807) is 102 Å². The van der Waals surface area contributed by atoms with Crippen LogP contribution in [0.1, 0.15) is 103 Å². The average molecular weight is 407 g/mol. The van der Waals surface area contributed by atoms with E-state index in [-0.39, 0.29) is 7.92 Å². The first-order chi connectivity index (χ1) is 13.2. The van der Waals surface area contributed by atoms with Gasteiger partial charge in [-0.15, -0.1) is 7.92 Å². The first-order valence-electron chi connectivity index (χ1n) is 12.7. The molecule has 6 saturated carbocycles. The van der Waals surface area contributed by atoms with Crippen LogP contribution in [0.5, 0.6) is 0 Å². The molecule has 2 heteroatoms. The molecule has 154 valence electrons. The molecular formula is C25H44P2. The minimum atomic E-state index is 0.287. The maximum Gasteiger partial charge on any atom is -0.00888 e. The third-order valence-electron chi connectivity index (χ3n) is 9.60. The molecule has 4 bridgehead atoms. The molecule has 0 spiro atoms. The van der Waals surface area contributed by atoms with Crippen molar-refractivity contribution in [3.05, 3.63) is 0 Å². The van der Waals surface area contributed by atoms with Gasteiger partial charge >= 0.3 is 0 Å². The van der Waals surface area contributed by atoms with Crippen molar-refractivity contribution in [3.63, 3.8) is 0 Å². The molecule has 6 fully saturated rings. The van der Waals surface area contributed by atoms with Gasteiger partial charge in [0.1, 0.15) is 0 Å². The highest BCUT2D eigenvalue weighted by Crippen LogP contribution is 2.68. The molecule has 0 heterocycles. The van der Waals surface area contributed by atoms with Gasteiger partial charge in [-0.3, -0.25) is 0 Å². The monoisotopic (exact) mass is 406 g/mol. The molecule has 27 heavy (non-hydrogen) atoms. The molecule has 6 aliphatic rings. The molecule has 0 N–H and O–H groups in total. The highest BCUT2D eigenvalue weighted by molar-refractivity contribution is 7.63. The highest BCUT2D eigenvalue weighted by atomic mass is 31.1. The molecule has 0 amide bonds. The summed E-state index contributed by atoms with van der Waals surface area (Å²) in [5.74, 6) is 3.46. The zero-order valence-electron chi connectivity index (χ0n) is 18.0. The van der Waals surface area contributed by atoms with Crippen LogP contribution >= 0.6 is 15.8 Å². The minimum absolute atomic E-state index is 0.287. The Morgan fingerprint density at radius 1 is 0.630 bits per heavy atom. The van der Waals surface area contributed by atoms with E-state index in [1.165, 1.54) is 24.2 Å². The average Bonchev–Trinajstić information content (AvgIpc) is 2.69. The molecule has 0 aliphatic heterocycles. The zero-order valence-corrected chi connectivity index (χ0v) is 19.8. The van der Waals surface area contributed by atoms with Crippen molar-refractivity contribution in [3.8, 4) is 0 Å². The molecule has 0 nitrogen and oxygen atoms in total. The Morgan fingerprint density at radius 3 is 1.52 bits per heavy atom. The standard InChI is InChI=1S/C25H44P2/c1-26(25-17-20-14-21(18-25)16-22(15-20)19-25)12-13-27(23-8-4-2-5-9-23)24-10-6-3-7-11-24/h20-24H,2-19H2,1H3/t20?,21?,22?,25?,26-/m0/s1. The second-order valence-corrected chi connectivity index (χ2v) is 17.1. The highest BCUT2D eigenvalue weighted by Gasteiger charge is 2.52. The maximum atomic E-state index is 2.78. The predicted octanol–water partition coefficient (Wildman–Crippen LogP) is 8.21. The first kappa shape index (κ1) is 19.8. The summed E-state index contributed by atoms with van der Waals surface area (Å²) in [5.41, 5.74) is 2.35. The van der Waals surface area contributed by atoms with Crippen LogP contribution in [0.15, 0.2) is 0 Å². The number of hydrogen-bond donors (Lipinski definition) is 0. The fourth-order valence-electron chi connectivity index (χ4n) is 8.52. The van der Waals surface area contributed by atoms with Gasteiger partial charge in [0.15, 0.2) is 0 Å². The molecule has 0 unspecified atom stereocenters. The summed E-state index contributed by atoms with van der Waals surface area (Å²) in [6.07, 6.45) is 29.0. The van der Waals surface area contributed by atoms with Crippen LogP contribution in [0.25, 0.3) is 0 Å². The van der Waals surface area contributed by atoms with Gasteiger partial charge in [-0.2, -0.15) is 0 Å². The third-order valence-corrected chi connectivity index (χ3v) is 16.7. The fourth-order valence-corrected chi connectivity index (χ4v) is 16.2. The second kappa shape index (κ2) is 8.54. The molecular weight excluding hydrogens is 362 g/mol. The van der Waals surface area contributed by atoms with Crippen LogP contribution in [0, 0.1) is 17.8 Å². The lowest BCUT2D eigenvalue weighted by Gasteiger charge is -2.59. The van der Waals surface area contributed by atoms with E-state index < -0.39 is 0 Å². The van der Waals surface area contributed by atoms with Crippen molar-refractivity contribution in [2.24, 2.45) is 17.8 Å². The predicted molar refractivity (Wildman–Crippen MR) is 124 cm³/mol. The van der Waals surface area contributed by atoms with E-state index in [0.717, 1.165) is 22.9 Å². The van der Waals surface area contributed by atoms with Crippen LogP contribution in [-0.2, 0) is 0 Å². The molecule has 0 saturated heterocycles. The minimum Gasteiger partial charge on any atom is -0.103 e. The largest absolute Gasteiger partial charge is 0.103 e. The number of hydrogen-bond acceptors (Lipinski definition) is 0. The van der Waals surface area contributed by atoms with Crippen molar-refractivity contribution in [2.45, 2.75) is 119 Å². The third kappa shape index (κ3) is 4.20. The van der Waals surface area contributed by atoms with Gasteiger partial charge in [0.25, 0.3) is 0 Å². The maximum absolute atomic E-state index is 2.78. The second-order valence-electron chi connectivity index (χ2n) is 11.4. The molecule has 0 aromatic heterocycles. The van der Waals surface area contributed by atoms with Crippen molar-refractivity contribution < 1.29 is 0 Å². The molecule has 1 atom stereocenters. The van der Waals surface area contributed by atoms with E-state index in [4.69, 9.17) is 0 Å². The van der Waals surface area contributed by atoms with Crippen molar-refractivity contribution in [1.82, 2.24) is 0 Å². The summed E-state index contributed by atoms with van der Waals surface area (Å²) in [5, 5.41) is 0.865. The van der Waals surface area contributed by atoms with Gasteiger partial charge in [-0.05, 0) is 117 Å². The van der Waals surface area contributed by atoms with Crippen LogP contribution in [0.3, 0.4) is 0 Å². The quantitative estimate of drug-likeness (QED) is 0.390. The molecule has 6 aliphatic carbocycles. The summed E-state index contributed by atoms with van der Waals surface area (Å²) in [7, 11) is 0.632. The van der Waals surface area contributed by atoms with E-state index in [2.05, 4.69) is 6.66 Å². The first-order valence-corrected chi connectivity index (χ1v) is 16.3. The van der Waals surface area contributed by atoms with Gasteiger partial charge in [0, 0.05) is 0 Å². The Labute approximate surface area is 171 Å². The Morgan fingerprint density at radius 2 is 1.07 bits per heavy atom. The number of rotatable bonds is 6. The van der Waals surface area contributed by atoms with Crippen LogP contribution < -0.4 is 0 Å².